The largest absolute Gasteiger partial charge is 0.383 e. The Hall–Kier alpha value is -1.33. The minimum absolute atomic E-state index is 0.346. The van der Waals surface area contributed by atoms with Gasteiger partial charge in [0, 0.05) is 19.1 Å². The van der Waals surface area contributed by atoms with E-state index < -0.39 is 0 Å². The van der Waals surface area contributed by atoms with Gasteiger partial charge in [0.25, 0.3) is 0 Å². The Morgan fingerprint density at radius 1 is 1.33 bits per heavy atom. The second-order valence-electron chi connectivity index (χ2n) is 5.78. The molecule has 0 spiro atoms. The number of nitrogens with two attached hydrogens (primary N) is 1. The van der Waals surface area contributed by atoms with Gasteiger partial charge in [0.2, 0.25) is 0 Å². The first kappa shape index (κ1) is 14.6. The van der Waals surface area contributed by atoms with E-state index in [-0.39, 0.29) is 0 Å². The molecule has 112 valence electrons. The van der Waals surface area contributed by atoms with Gasteiger partial charge >= 0.3 is 0 Å². The van der Waals surface area contributed by atoms with Gasteiger partial charge in [0.1, 0.15) is 5.82 Å². The van der Waals surface area contributed by atoms with E-state index in [1.807, 2.05) is 11.6 Å². The molecule has 2 aromatic rings. The van der Waals surface area contributed by atoms with Crippen LogP contribution in [0.5, 0.6) is 0 Å². The number of rotatable bonds is 3. The summed E-state index contributed by atoms with van der Waals surface area (Å²) in [7, 11) is 0. The van der Waals surface area contributed by atoms with Gasteiger partial charge in [-0.25, -0.2) is 4.68 Å². The lowest BCUT2D eigenvalue weighted by molar-refractivity contribution is 0.230. The molecule has 2 unspecified atom stereocenters. The van der Waals surface area contributed by atoms with Crippen LogP contribution in [0.4, 0.5) is 5.82 Å². The van der Waals surface area contributed by atoms with Crippen molar-refractivity contribution in [1.29, 1.82) is 0 Å². The first-order valence-corrected chi connectivity index (χ1v) is 8.15. The summed E-state index contributed by atoms with van der Waals surface area (Å²) in [5.74, 6) is 0.742. The fraction of sp³-hybridized carbons (Fsp3) is 0.438. The van der Waals surface area contributed by atoms with Gasteiger partial charge < -0.3 is 5.73 Å². The molecule has 4 nitrogen and oxygen atoms in total. The van der Waals surface area contributed by atoms with Crippen molar-refractivity contribution >= 4 is 21.7 Å². The lowest BCUT2D eigenvalue weighted by atomic mass is 10.1. The number of benzene rings is 1. The zero-order chi connectivity index (χ0) is 15.0. The van der Waals surface area contributed by atoms with Gasteiger partial charge in [-0.3, -0.25) is 4.90 Å². The molecule has 0 radical (unpaired) electrons. The molecular formula is C16H21BrN4. The van der Waals surface area contributed by atoms with Gasteiger partial charge in [0.15, 0.2) is 0 Å². The Kier molecular flexibility index (Phi) is 4.04. The van der Waals surface area contributed by atoms with Crippen LogP contribution >= 0.6 is 15.9 Å². The highest BCUT2D eigenvalue weighted by atomic mass is 79.9. The Bertz CT molecular complexity index is 623. The van der Waals surface area contributed by atoms with E-state index in [1.54, 1.807) is 0 Å². The fourth-order valence-corrected chi connectivity index (χ4v) is 3.41. The predicted molar refractivity (Wildman–Crippen MR) is 89.0 cm³/mol. The van der Waals surface area contributed by atoms with Crippen LogP contribution in [0.2, 0.25) is 0 Å². The van der Waals surface area contributed by atoms with E-state index in [1.165, 1.54) is 5.56 Å². The van der Waals surface area contributed by atoms with Crippen molar-refractivity contribution in [3.8, 4) is 0 Å². The Morgan fingerprint density at radius 3 is 2.67 bits per heavy atom. The molecule has 0 aliphatic carbocycles. The highest BCUT2D eigenvalue weighted by Gasteiger charge is 2.34. The number of hydrogen-bond acceptors (Lipinski definition) is 3. The Labute approximate surface area is 134 Å². The molecule has 1 fully saturated rings. The predicted octanol–water partition coefficient (Wildman–Crippen LogP) is 3.37. The van der Waals surface area contributed by atoms with E-state index in [0.717, 1.165) is 35.5 Å². The molecule has 1 saturated heterocycles. The smallest absolute Gasteiger partial charge is 0.136 e. The maximum absolute atomic E-state index is 6.18. The monoisotopic (exact) mass is 348 g/mol. The van der Waals surface area contributed by atoms with Crippen molar-refractivity contribution in [2.45, 2.75) is 38.9 Å². The third-order valence-electron chi connectivity index (χ3n) is 4.43. The summed E-state index contributed by atoms with van der Waals surface area (Å²) in [6, 6.07) is 11.4. The van der Waals surface area contributed by atoms with Crippen LogP contribution in [0, 0.1) is 6.92 Å². The van der Waals surface area contributed by atoms with Crippen molar-refractivity contribution in [3.63, 3.8) is 0 Å². The maximum Gasteiger partial charge on any atom is 0.136 e. The first-order valence-electron chi connectivity index (χ1n) is 7.36. The summed E-state index contributed by atoms with van der Waals surface area (Å²) in [4.78, 5) is 2.50. The molecule has 2 atom stereocenters. The molecule has 0 bridgehead atoms. The average Bonchev–Trinajstić information content (AvgIpc) is 2.96. The number of nitrogens with zero attached hydrogens (tertiary/aromatic N) is 3. The molecule has 21 heavy (non-hydrogen) atoms. The van der Waals surface area contributed by atoms with Crippen LogP contribution in [0.1, 0.15) is 30.6 Å². The first-order chi connectivity index (χ1) is 10.1. The molecule has 5 heteroatoms. The Morgan fingerprint density at radius 2 is 2.05 bits per heavy atom. The lowest BCUT2D eigenvalue weighted by Crippen LogP contribution is -2.31. The van der Waals surface area contributed by atoms with Crippen LogP contribution in [-0.2, 0) is 6.54 Å². The summed E-state index contributed by atoms with van der Waals surface area (Å²) in [5.41, 5.74) is 8.50. The number of likely N-dealkylation sites (tertiary alicyclic amines) is 1. The summed E-state index contributed by atoms with van der Waals surface area (Å²) in [6.45, 7) is 6.32. The van der Waals surface area contributed by atoms with Crippen molar-refractivity contribution in [1.82, 2.24) is 14.7 Å². The van der Waals surface area contributed by atoms with Gasteiger partial charge in [0.05, 0.1) is 16.2 Å². The SMILES string of the molecule is Cc1nn(C2CCN(Cc3ccccc3)C2C)c(N)c1Br. The highest BCUT2D eigenvalue weighted by Crippen LogP contribution is 2.34. The number of nitrogen functional groups attached to an aromatic ring is 1. The molecule has 0 saturated carbocycles. The summed E-state index contributed by atoms with van der Waals surface area (Å²) in [6.07, 6.45) is 1.09. The van der Waals surface area contributed by atoms with E-state index in [4.69, 9.17) is 5.73 Å². The van der Waals surface area contributed by atoms with Crippen LogP contribution in [0.3, 0.4) is 0 Å². The van der Waals surface area contributed by atoms with Crippen LogP contribution in [0.25, 0.3) is 0 Å². The molecule has 1 aliphatic rings. The maximum atomic E-state index is 6.18. The quantitative estimate of drug-likeness (QED) is 0.924. The van der Waals surface area contributed by atoms with E-state index in [9.17, 15) is 0 Å². The number of hydrogen-bond donors (Lipinski definition) is 1. The van der Waals surface area contributed by atoms with Crippen molar-refractivity contribution in [2.24, 2.45) is 0 Å². The van der Waals surface area contributed by atoms with Gasteiger partial charge in [-0.1, -0.05) is 30.3 Å². The summed E-state index contributed by atoms with van der Waals surface area (Å²) in [5, 5.41) is 4.60. The third-order valence-corrected chi connectivity index (χ3v) is 5.41. The van der Waals surface area contributed by atoms with E-state index in [0.29, 0.717) is 12.1 Å². The summed E-state index contributed by atoms with van der Waals surface area (Å²) >= 11 is 3.51. The standard InChI is InChI=1S/C16H21BrN4/c1-11-15(17)16(18)21(19-11)14-8-9-20(12(14)2)10-13-6-4-3-5-7-13/h3-7,12,14H,8-10,18H2,1-2H3. The van der Waals surface area contributed by atoms with Crippen LogP contribution in [-0.4, -0.2) is 27.3 Å². The van der Waals surface area contributed by atoms with Crippen LogP contribution in [0.15, 0.2) is 34.8 Å². The topological polar surface area (TPSA) is 47.1 Å². The molecule has 0 amide bonds. The Balaban J connectivity index is 1.77. The molecule has 2 N–H and O–H groups in total. The molecular weight excluding hydrogens is 328 g/mol. The normalized spacial score (nSPS) is 22.8. The van der Waals surface area contributed by atoms with E-state index in [2.05, 4.69) is 63.2 Å². The van der Waals surface area contributed by atoms with Crippen molar-refractivity contribution in [3.05, 3.63) is 46.1 Å². The van der Waals surface area contributed by atoms with Crippen molar-refractivity contribution < 1.29 is 0 Å². The molecule has 1 aromatic heterocycles. The zero-order valence-electron chi connectivity index (χ0n) is 12.5. The second kappa shape index (κ2) is 5.81. The lowest BCUT2D eigenvalue weighted by Gasteiger charge is -2.25. The third kappa shape index (κ3) is 2.72. The number of aryl methyl sites for hydroxylation is 1. The molecule has 1 aromatic carbocycles. The minimum atomic E-state index is 0.346. The fourth-order valence-electron chi connectivity index (χ4n) is 3.15. The number of aromatic nitrogens is 2. The van der Waals surface area contributed by atoms with Crippen molar-refractivity contribution in [2.75, 3.05) is 12.3 Å². The number of anilines is 1. The van der Waals surface area contributed by atoms with E-state index >= 15 is 0 Å². The average molecular weight is 349 g/mol. The summed E-state index contributed by atoms with van der Waals surface area (Å²) < 4.78 is 2.92. The molecule has 1 aliphatic heterocycles. The highest BCUT2D eigenvalue weighted by molar-refractivity contribution is 9.10. The molecule has 3 rings (SSSR count). The molecule has 2 heterocycles. The zero-order valence-corrected chi connectivity index (χ0v) is 14.0. The van der Waals surface area contributed by atoms with Gasteiger partial charge in [-0.15, -0.1) is 0 Å². The van der Waals surface area contributed by atoms with Gasteiger partial charge in [-0.05, 0) is 41.8 Å². The minimum Gasteiger partial charge on any atom is -0.383 e. The van der Waals surface area contributed by atoms with Gasteiger partial charge in [-0.2, -0.15) is 5.10 Å². The number of halogens is 1. The van der Waals surface area contributed by atoms with Crippen LogP contribution < -0.4 is 5.73 Å². The second-order valence-corrected chi connectivity index (χ2v) is 6.57.